The Balaban J connectivity index is 1.73. The molecule has 2 atom stereocenters. The summed E-state index contributed by atoms with van der Waals surface area (Å²) in [5.74, 6) is 0. The Kier molecular flexibility index (Phi) is 9.46. The summed E-state index contributed by atoms with van der Waals surface area (Å²) in [5, 5.41) is 19.6. The third-order valence-corrected chi connectivity index (χ3v) is 5.07. The third kappa shape index (κ3) is 7.48. The van der Waals surface area contributed by atoms with Crippen molar-refractivity contribution in [2.45, 2.75) is 70.1 Å². The minimum absolute atomic E-state index is 0.0446. The van der Waals surface area contributed by atoms with Crippen LogP contribution in [0.25, 0.3) is 0 Å². The molecule has 0 aromatic rings. The van der Waals surface area contributed by atoms with E-state index in [-0.39, 0.29) is 12.8 Å². The first kappa shape index (κ1) is 19.1. The van der Waals surface area contributed by atoms with Gasteiger partial charge in [-0.05, 0) is 38.8 Å². The maximum absolute atomic E-state index is 10.3. The van der Waals surface area contributed by atoms with Crippen LogP contribution >= 0.6 is 0 Å². The van der Waals surface area contributed by atoms with Gasteiger partial charge in [0.05, 0.1) is 12.7 Å². The van der Waals surface area contributed by atoms with E-state index in [4.69, 9.17) is 4.74 Å². The zero-order valence-corrected chi connectivity index (χ0v) is 14.7. The average molecular weight is 328 g/mol. The van der Waals surface area contributed by atoms with Crippen LogP contribution in [0.5, 0.6) is 0 Å². The summed E-state index contributed by atoms with van der Waals surface area (Å²) < 4.78 is 6.00. The van der Waals surface area contributed by atoms with E-state index in [1.807, 2.05) is 0 Å². The molecule has 0 aromatic heterocycles. The fourth-order valence-corrected chi connectivity index (χ4v) is 3.76. The first-order valence-electron chi connectivity index (χ1n) is 9.66. The molecule has 0 saturated carbocycles. The minimum Gasteiger partial charge on any atom is -0.396 e. The van der Waals surface area contributed by atoms with Gasteiger partial charge >= 0.3 is 0 Å². The summed E-state index contributed by atoms with van der Waals surface area (Å²) in [6.07, 6.45) is 10.3. The van der Waals surface area contributed by atoms with Crippen LogP contribution in [-0.2, 0) is 4.74 Å². The molecule has 2 unspecified atom stereocenters. The number of β-amino-alcohol motifs (C(OH)–C–C–N with tert-alkyl or cyclic N) is 1. The smallest absolute Gasteiger partial charge is 0.112 e. The molecule has 0 aliphatic carbocycles. The van der Waals surface area contributed by atoms with Crippen molar-refractivity contribution in [3.05, 3.63) is 0 Å². The summed E-state index contributed by atoms with van der Waals surface area (Å²) in [4.78, 5) is 4.72. The van der Waals surface area contributed by atoms with Gasteiger partial charge in [-0.25, -0.2) is 0 Å². The van der Waals surface area contributed by atoms with Crippen molar-refractivity contribution in [2.75, 3.05) is 45.9 Å². The molecule has 0 radical (unpaired) electrons. The first-order valence-corrected chi connectivity index (χ1v) is 9.66. The summed E-state index contributed by atoms with van der Waals surface area (Å²) in [7, 11) is 0. The molecular formula is C18H36N2O3. The molecule has 0 bridgehead atoms. The Labute approximate surface area is 141 Å². The maximum atomic E-state index is 10.3. The molecule has 5 heteroatoms. The largest absolute Gasteiger partial charge is 0.396 e. The Morgan fingerprint density at radius 2 is 1.39 bits per heavy atom. The standard InChI is InChI=1S/C18H36N2O3/c21-14-9-18(20-12-7-3-4-8-13-20)23-16-17(22)15-19-10-5-1-2-6-11-19/h17-18,21-22H,1-16H2. The molecule has 2 aliphatic heterocycles. The van der Waals surface area contributed by atoms with Crippen molar-refractivity contribution in [1.29, 1.82) is 0 Å². The number of rotatable bonds is 8. The van der Waals surface area contributed by atoms with Crippen molar-refractivity contribution in [1.82, 2.24) is 9.80 Å². The van der Waals surface area contributed by atoms with E-state index in [2.05, 4.69) is 9.80 Å². The molecule has 0 aromatic carbocycles. The second-order valence-electron chi connectivity index (χ2n) is 7.12. The van der Waals surface area contributed by atoms with Crippen LogP contribution in [0.2, 0.25) is 0 Å². The van der Waals surface area contributed by atoms with Crippen LogP contribution in [0.15, 0.2) is 0 Å². The second kappa shape index (κ2) is 11.4. The second-order valence-corrected chi connectivity index (χ2v) is 7.12. The molecule has 2 N–H and O–H groups in total. The number of hydrogen-bond donors (Lipinski definition) is 2. The fourth-order valence-electron chi connectivity index (χ4n) is 3.76. The molecule has 136 valence electrons. The highest BCUT2D eigenvalue weighted by Crippen LogP contribution is 2.16. The molecule has 0 spiro atoms. The average Bonchev–Trinajstić information content (AvgIpc) is 2.96. The molecule has 2 aliphatic rings. The molecule has 2 rings (SSSR count). The summed E-state index contributed by atoms with van der Waals surface area (Å²) in [6.45, 7) is 5.53. The normalized spacial score (nSPS) is 24.8. The molecule has 0 amide bonds. The van der Waals surface area contributed by atoms with Gasteiger partial charge in [-0.3, -0.25) is 4.90 Å². The van der Waals surface area contributed by atoms with Gasteiger partial charge in [-0.1, -0.05) is 25.7 Å². The van der Waals surface area contributed by atoms with E-state index in [0.29, 0.717) is 19.6 Å². The Morgan fingerprint density at radius 3 is 1.96 bits per heavy atom. The van der Waals surface area contributed by atoms with E-state index < -0.39 is 6.10 Å². The zero-order chi connectivity index (χ0) is 16.3. The van der Waals surface area contributed by atoms with E-state index in [0.717, 1.165) is 26.2 Å². The Morgan fingerprint density at radius 1 is 0.826 bits per heavy atom. The van der Waals surface area contributed by atoms with Gasteiger partial charge in [0.15, 0.2) is 0 Å². The van der Waals surface area contributed by atoms with Crippen molar-refractivity contribution < 1.29 is 14.9 Å². The predicted molar refractivity (Wildman–Crippen MR) is 92.4 cm³/mol. The summed E-state index contributed by atoms with van der Waals surface area (Å²) in [6, 6.07) is 0. The van der Waals surface area contributed by atoms with E-state index in [9.17, 15) is 10.2 Å². The van der Waals surface area contributed by atoms with Gasteiger partial charge in [-0.2, -0.15) is 0 Å². The highest BCUT2D eigenvalue weighted by Gasteiger charge is 2.22. The molecular weight excluding hydrogens is 292 g/mol. The molecule has 2 fully saturated rings. The molecule has 23 heavy (non-hydrogen) atoms. The predicted octanol–water partition coefficient (Wildman–Crippen LogP) is 1.82. The lowest BCUT2D eigenvalue weighted by atomic mass is 10.2. The van der Waals surface area contributed by atoms with Crippen molar-refractivity contribution in [3.8, 4) is 0 Å². The van der Waals surface area contributed by atoms with Crippen LogP contribution in [0.1, 0.15) is 57.8 Å². The summed E-state index contributed by atoms with van der Waals surface area (Å²) in [5.41, 5.74) is 0. The van der Waals surface area contributed by atoms with Crippen LogP contribution < -0.4 is 0 Å². The van der Waals surface area contributed by atoms with E-state index in [1.165, 1.54) is 51.4 Å². The SMILES string of the molecule is OCCC(OCC(O)CN1CCCCCC1)N1CCCCCC1. The summed E-state index contributed by atoms with van der Waals surface area (Å²) >= 11 is 0. The number of ether oxygens (including phenoxy) is 1. The number of hydrogen-bond acceptors (Lipinski definition) is 5. The van der Waals surface area contributed by atoms with Gasteiger partial charge in [0.1, 0.15) is 6.23 Å². The molecule has 2 heterocycles. The number of aliphatic hydroxyl groups is 2. The van der Waals surface area contributed by atoms with Crippen LogP contribution in [0, 0.1) is 0 Å². The monoisotopic (exact) mass is 328 g/mol. The van der Waals surface area contributed by atoms with Crippen LogP contribution in [0.3, 0.4) is 0 Å². The quantitative estimate of drug-likeness (QED) is 0.712. The van der Waals surface area contributed by atoms with E-state index >= 15 is 0 Å². The number of nitrogens with zero attached hydrogens (tertiary/aromatic N) is 2. The minimum atomic E-state index is -0.429. The zero-order valence-electron chi connectivity index (χ0n) is 14.7. The number of aliphatic hydroxyl groups excluding tert-OH is 2. The molecule has 5 nitrogen and oxygen atoms in total. The lowest BCUT2D eigenvalue weighted by Crippen LogP contribution is -2.42. The lowest BCUT2D eigenvalue weighted by Gasteiger charge is -2.31. The van der Waals surface area contributed by atoms with Crippen LogP contribution in [-0.4, -0.2) is 78.3 Å². The van der Waals surface area contributed by atoms with Gasteiger partial charge in [-0.15, -0.1) is 0 Å². The lowest BCUT2D eigenvalue weighted by molar-refractivity contribution is -0.0981. The fraction of sp³-hybridized carbons (Fsp3) is 1.00. The highest BCUT2D eigenvalue weighted by molar-refractivity contribution is 4.71. The van der Waals surface area contributed by atoms with E-state index in [1.54, 1.807) is 0 Å². The van der Waals surface area contributed by atoms with Gasteiger partial charge in [0.2, 0.25) is 0 Å². The van der Waals surface area contributed by atoms with Gasteiger partial charge in [0, 0.05) is 32.7 Å². The maximum Gasteiger partial charge on any atom is 0.112 e. The Hall–Kier alpha value is -0.200. The Bertz CT molecular complexity index is 288. The number of likely N-dealkylation sites (tertiary alicyclic amines) is 2. The van der Waals surface area contributed by atoms with Gasteiger partial charge in [0.25, 0.3) is 0 Å². The van der Waals surface area contributed by atoms with Crippen LogP contribution in [0.4, 0.5) is 0 Å². The first-order chi connectivity index (χ1) is 11.3. The third-order valence-electron chi connectivity index (χ3n) is 5.07. The van der Waals surface area contributed by atoms with Crippen molar-refractivity contribution in [3.63, 3.8) is 0 Å². The van der Waals surface area contributed by atoms with Crippen molar-refractivity contribution in [2.24, 2.45) is 0 Å². The molecule has 2 saturated heterocycles. The topological polar surface area (TPSA) is 56.2 Å². The van der Waals surface area contributed by atoms with Gasteiger partial charge < -0.3 is 19.8 Å². The van der Waals surface area contributed by atoms with Crippen molar-refractivity contribution >= 4 is 0 Å². The highest BCUT2D eigenvalue weighted by atomic mass is 16.5.